The van der Waals surface area contributed by atoms with Crippen molar-refractivity contribution in [3.63, 3.8) is 0 Å². The molecule has 2 aromatic carbocycles. The molecule has 0 radical (unpaired) electrons. The summed E-state index contributed by atoms with van der Waals surface area (Å²) >= 11 is 6.01. The van der Waals surface area contributed by atoms with E-state index in [0.717, 1.165) is 22.6 Å². The van der Waals surface area contributed by atoms with Crippen LogP contribution in [0, 0.1) is 5.92 Å². The van der Waals surface area contributed by atoms with Crippen LogP contribution in [0.15, 0.2) is 53.5 Å². The number of benzene rings is 2. The molecule has 0 fully saturated rings. The Balaban J connectivity index is 2.09. The van der Waals surface area contributed by atoms with Crippen LogP contribution in [-0.4, -0.2) is 18.3 Å². The zero-order valence-corrected chi connectivity index (χ0v) is 14.4. The van der Waals surface area contributed by atoms with Gasteiger partial charge in [-0.2, -0.15) is 0 Å². The number of rotatable bonds is 3. The zero-order chi connectivity index (χ0) is 17.1. The van der Waals surface area contributed by atoms with E-state index in [9.17, 15) is 4.79 Å². The van der Waals surface area contributed by atoms with Crippen LogP contribution < -0.4 is 5.32 Å². The molecule has 124 valence electrons. The van der Waals surface area contributed by atoms with Crippen LogP contribution in [0.1, 0.15) is 25.5 Å². The minimum atomic E-state index is -0.501. The third kappa shape index (κ3) is 3.29. The highest BCUT2D eigenvalue weighted by atomic mass is 35.5. The van der Waals surface area contributed by atoms with E-state index in [1.807, 2.05) is 55.5 Å². The van der Waals surface area contributed by atoms with E-state index >= 15 is 0 Å². The van der Waals surface area contributed by atoms with Gasteiger partial charge in [0.2, 0.25) is 0 Å². The van der Waals surface area contributed by atoms with Gasteiger partial charge in [-0.15, -0.1) is 0 Å². The van der Waals surface area contributed by atoms with Crippen molar-refractivity contribution >= 4 is 34.7 Å². The van der Waals surface area contributed by atoms with Gasteiger partial charge >= 0.3 is 5.97 Å². The summed E-state index contributed by atoms with van der Waals surface area (Å²) in [5.74, 6) is -0.780. The predicted octanol–water partition coefficient (Wildman–Crippen LogP) is 4.78. The van der Waals surface area contributed by atoms with Crippen LogP contribution in [0.25, 0.3) is 0 Å². The number of hydrogen-bond donors (Lipinski definition) is 1. The van der Waals surface area contributed by atoms with Crippen molar-refractivity contribution in [3.8, 4) is 0 Å². The first-order valence-corrected chi connectivity index (χ1v) is 8.30. The second-order valence-corrected chi connectivity index (χ2v) is 6.11. The van der Waals surface area contributed by atoms with Crippen LogP contribution >= 0.6 is 11.6 Å². The molecule has 24 heavy (non-hydrogen) atoms. The Labute approximate surface area is 146 Å². The number of nitrogens with zero attached hydrogens (tertiary/aromatic N) is 1. The molecule has 1 N–H and O–H groups in total. The zero-order valence-electron chi connectivity index (χ0n) is 13.6. The van der Waals surface area contributed by atoms with Gasteiger partial charge in [0.1, 0.15) is 5.92 Å². The van der Waals surface area contributed by atoms with Gasteiger partial charge in [0, 0.05) is 10.7 Å². The first-order chi connectivity index (χ1) is 11.6. The van der Waals surface area contributed by atoms with Crippen LogP contribution in [0.4, 0.5) is 11.4 Å². The van der Waals surface area contributed by atoms with E-state index in [1.54, 1.807) is 6.92 Å². The number of esters is 1. The number of fused-ring (bicyclic) bond motifs is 1. The van der Waals surface area contributed by atoms with E-state index in [2.05, 4.69) is 10.3 Å². The van der Waals surface area contributed by atoms with E-state index < -0.39 is 5.92 Å². The largest absolute Gasteiger partial charge is 0.465 e. The molecule has 1 aliphatic heterocycles. The maximum atomic E-state index is 12.6. The lowest BCUT2D eigenvalue weighted by atomic mass is 9.89. The normalized spacial score (nSPS) is 19.5. The molecule has 3 rings (SSSR count). The molecule has 0 spiro atoms. The number of para-hydroxylation sites is 2. The third-order valence-corrected chi connectivity index (χ3v) is 4.32. The second kappa shape index (κ2) is 7.05. The lowest BCUT2D eigenvalue weighted by Gasteiger charge is -2.26. The first kappa shape index (κ1) is 16.5. The maximum Gasteiger partial charge on any atom is 0.317 e. The molecule has 2 aromatic rings. The van der Waals surface area contributed by atoms with Gasteiger partial charge in [0.05, 0.1) is 24.0 Å². The Bertz CT molecular complexity index is 771. The minimum Gasteiger partial charge on any atom is -0.465 e. The Morgan fingerprint density at radius 3 is 2.62 bits per heavy atom. The molecule has 1 heterocycles. The number of hydrogen-bond acceptors (Lipinski definition) is 4. The van der Waals surface area contributed by atoms with Crippen molar-refractivity contribution in [1.82, 2.24) is 0 Å². The maximum absolute atomic E-state index is 12.6. The molecule has 0 saturated carbocycles. The van der Waals surface area contributed by atoms with Gasteiger partial charge < -0.3 is 10.1 Å². The van der Waals surface area contributed by atoms with Gasteiger partial charge in [-0.25, -0.2) is 0 Å². The van der Waals surface area contributed by atoms with Gasteiger partial charge in [-0.3, -0.25) is 9.79 Å². The summed E-state index contributed by atoms with van der Waals surface area (Å²) in [4.78, 5) is 17.2. The molecule has 1 aliphatic rings. The molecule has 0 aliphatic carbocycles. The average molecular weight is 343 g/mol. The SMILES string of the molecule is CCOC(=O)C1C(C)=Nc2ccccc2NC1c1ccc(Cl)cc1. The number of nitrogens with one attached hydrogen (secondary N) is 1. The smallest absolute Gasteiger partial charge is 0.317 e. The van der Waals surface area contributed by atoms with Crippen LogP contribution in [-0.2, 0) is 9.53 Å². The quantitative estimate of drug-likeness (QED) is 0.817. The fourth-order valence-electron chi connectivity index (χ4n) is 2.93. The number of anilines is 1. The molecular weight excluding hydrogens is 324 g/mol. The second-order valence-electron chi connectivity index (χ2n) is 5.67. The minimum absolute atomic E-state index is 0.270. The number of halogens is 1. The van der Waals surface area contributed by atoms with E-state index in [1.165, 1.54) is 0 Å². The third-order valence-electron chi connectivity index (χ3n) is 4.06. The summed E-state index contributed by atoms with van der Waals surface area (Å²) in [6.45, 7) is 4.01. The van der Waals surface area contributed by atoms with Crippen molar-refractivity contribution < 1.29 is 9.53 Å². The molecule has 0 saturated heterocycles. The number of ether oxygens (including phenoxy) is 1. The number of carbonyl (C=O) groups excluding carboxylic acids is 1. The van der Waals surface area contributed by atoms with Gasteiger partial charge in [0.25, 0.3) is 0 Å². The fourth-order valence-corrected chi connectivity index (χ4v) is 3.06. The molecule has 5 heteroatoms. The van der Waals surface area contributed by atoms with Crippen LogP contribution in [0.2, 0.25) is 5.02 Å². The molecule has 2 unspecified atom stereocenters. The Morgan fingerprint density at radius 1 is 1.21 bits per heavy atom. The molecule has 0 amide bonds. The molecule has 0 aromatic heterocycles. The highest BCUT2D eigenvalue weighted by Crippen LogP contribution is 2.37. The predicted molar refractivity (Wildman–Crippen MR) is 97.1 cm³/mol. The van der Waals surface area contributed by atoms with Crippen molar-refractivity contribution in [2.45, 2.75) is 19.9 Å². The Morgan fingerprint density at radius 2 is 1.92 bits per heavy atom. The summed E-state index contributed by atoms with van der Waals surface area (Å²) < 4.78 is 5.30. The van der Waals surface area contributed by atoms with Gasteiger partial charge in [-0.05, 0) is 43.7 Å². The number of carbonyl (C=O) groups is 1. The summed E-state index contributed by atoms with van der Waals surface area (Å²) in [6.07, 6.45) is 0. The lowest BCUT2D eigenvalue weighted by molar-refractivity contribution is -0.146. The van der Waals surface area contributed by atoms with Gasteiger partial charge in [0.15, 0.2) is 0 Å². The highest BCUT2D eigenvalue weighted by molar-refractivity contribution is 6.30. The average Bonchev–Trinajstić information content (AvgIpc) is 2.71. The summed E-state index contributed by atoms with van der Waals surface area (Å²) in [5.41, 5.74) is 3.40. The molecule has 2 atom stereocenters. The molecule has 0 bridgehead atoms. The van der Waals surface area contributed by atoms with Crippen molar-refractivity contribution in [1.29, 1.82) is 0 Å². The van der Waals surface area contributed by atoms with Crippen molar-refractivity contribution in [2.75, 3.05) is 11.9 Å². The standard InChI is InChI=1S/C19H19ClN2O2/c1-3-24-19(23)17-12(2)21-15-6-4-5-7-16(15)22-18(17)13-8-10-14(20)11-9-13/h4-11,17-18,22H,3H2,1-2H3. The Kier molecular flexibility index (Phi) is 4.86. The first-order valence-electron chi connectivity index (χ1n) is 7.93. The summed E-state index contributed by atoms with van der Waals surface area (Å²) in [6, 6.07) is 15.0. The topological polar surface area (TPSA) is 50.7 Å². The Hall–Kier alpha value is -2.33. The summed E-state index contributed by atoms with van der Waals surface area (Å²) in [5, 5.41) is 4.11. The molecule has 4 nitrogen and oxygen atoms in total. The van der Waals surface area contributed by atoms with Crippen molar-refractivity contribution in [2.24, 2.45) is 10.9 Å². The lowest BCUT2D eigenvalue weighted by Crippen LogP contribution is -2.33. The van der Waals surface area contributed by atoms with E-state index in [0.29, 0.717) is 11.6 Å². The van der Waals surface area contributed by atoms with Crippen LogP contribution in [0.5, 0.6) is 0 Å². The molecular formula is C19H19ClN2O2. The van der Waals surface area contributed by atoms with E-state index in [-0.39, 0.29) is 12.0 Å². The number of aliphatic imine (C=N–C) groups is 1. The fraction of sp³-hybridized carbons (Fsp3) is 0.263. The van der Waals surface area contributed by atoms with Gasteiger partial charge in [-0.1, -0.05) is 35.9 Å². The summed E-state index contributed by atoms with van der Waals surface area (Å²) in [7, 11) is 0. The highest BCUT2D eigenvalue weighted by Gasteiger charge is 2.35. The van der Waals surface area contributed by atoms with E-state index in [4.69, 9.17) is 16.3 Å². The monoisotopic (exact) mass is 342 g/mol. The van der Waals surface area contributed by atoms with Crippen LogP contribution in [0.3, 0.4) is 0 Å². The van der Waals surface area contributed by atoms with Crippen molar-refractivity contribution in [3.05, 3.63) is 59.1 Å².